The Balaban J connectivity index is 2.58. The second-order valence-corrected chi connectivity index (χ2v) is 4.00. The van der Waals surface area contributed by atoms with Gasteiger partial charge in [-0.3, -0.25) is 0 Å². The smallest absolute Gasteiger partial charge is 0.320 e. The number of likely N-dealkylation sites (N-methyl/N-ethyl adjacent to an activating group) is 1. The molecular formula is C11H22N2O2. The molecule has 1 aliphatic heterocycles. The maximum Gasteiger partial charge on any atom is 0.320 e. The van der Waals surface area contributed by atoms with Gasteiger partial charge in [0, 0.05) is 26.7 Å². The highest BCUT2D eigenvalue weighted by molar-refractivity contribution is 5.74. The van der Waals surface area contributed by atoms with Crippen molar-refractivity contribution in [2.24, 2.45) is 0 Å². The summed E-state index contributed by atoms with van der Waals surface area (Å²) in [6.45, 7) is 8.34. The van der Waals surface area contributed by atoms with Crippen LogP contribution < -0.4 is 0 Å². The van der Waals surface area contributed by atoms with Crippen LogP contribution in [0.2, 0.25) is 0 Å². The highest BCUT2D eigenvalue weighted by Gasteiger charge is 2.31. The van der Waals surface area contributed by atoms with Crippen LogP contribution in [-0.2, 0) is 4.74 Å². The monoisotopic (exact) mass is 214 g/mol. The molecule has 1 saturated heterocycles. The summed E-state index contributed by atoms with van der Waals surface area (Å²) in [5, 5.41) is 0. The topological polar surface area (TPSA) is 32.8 Å². The van der Waals surface area contributed by atoms with Crippen LogP contribution in [0.5, 0.6) is 0 Å². The lowest BCUT2D eigenvalue weighted by Gasteiger charge is -2.31. The van der Waals surface area contributed by atoms with Gasteiger partial charge in [0.15, 0.2) is 0 Å². The Kier molecular flexibility index (Phi) is 4.39. The van der Waals surface area contributed by atoms with Crippen LogP contribution in [-0.4, -0.2) is 54.7 Å². The zero-order valence-electron chi connectivity index (χ0n) is 10.2. The third kappa shape index (κ3) is 2.62. The average molecular weight is 214 g/mol. The summed E-state index contributed by atoms with van der Waals surface area (Å²) in [7, 11) is 1.87. The third-order valence-corrected chi connectivity index (χ3v) is 3.17. The Bertz CT molecular complexity index is 217. The first-order chi connectivity index (χ1) is 7.11. The molecule has 88 valence electrons. The average Bonchev–Trinajstić information content (AvgIpc) is 2.65. The van der Waals surface area contributed by atoms with E-state index in [2.05, 4.69) is 0 Å². The maximum absolute atomic E-state index is 12.0. The summed E-state index contributed by atoms with van der Waals surface area (Å²) in [6.07, 6.45) is 1.11. The van der Waals surface area contributed by atoms with Crippen LogP contribution in [0.4, 0.5) is 4.79 Å². The van der Waals surface area contributed by atoms with Gasteiger partial charge in [-0.1, -0.05) is 0 Å². The molecule has 0 spiro atoms. The van der Waals surface area contributed by atoms with E-state index < -0.39 is 0 Å². The fourth-order valence-electron chi connectivity index (χ4n) is 2.09. The fourth-order valence-corrected chi connectivity index (χ4v) is 2.09. The zero-order valence-corrected chi connectivity index (χ0v) is 10.2. The normalized spacial score (nSPS) is 25.3. The molecule has 1 fully saturated rings. The van der Waals surface area contributed by atoms with Gasteiger partial charge in [-0.05, 0) is 27.2 Å². The number of carbonyl (C=O) groups is 1. The molecule has 4 nitrogen and oxygen atoms in total. The molecule has 0 aliphatic carbocycles. The molecular weight excluding hydrogens is 192 g/mol. The number of urea groups is 1. The predicted molar refractivity (Wildman–Crippen MR) is 59.9 cm³/mol. The van der Waals surface area contributed by atoms with Crippen LogP contribution in [0.15, 0.2) is 0 Å². The van der Waals surface area contributed by atoms with Crippen molar-refractivity contribution in [1.82, 2.24) is 9.80 Å². The van der Waals surface area contributed by atoms with E-state index in [-0.39, 0.29) is 18.2 Å². The maximum atomic E-state index is 12.0. The van der Waals surface area contributed by atoms with E-state index >= 15 is 0 Å². The molecule has 0 aromatic carbocycles. The summed E-state index contributed by atoms with van der Waals surface area (Å²) in [4.78, 5) is 15.7. The van der Waals surface area contributed by atoms with Gasteiger partial charge in [-0.15, -0.1) is 0 Å². The Morgan fingerprint density at radius 1 is 1.40 bits per heavy atom. The zero-order chi connectivity index (χ0) is 11.4. The lowest BCUT2D eigenvalue weighted by molar-refractivity contribution is 0.0830. The summed E-state index contributed by atoms with van der Waals surface area (Å²) in [6, 6.07) is 0.348. The van der Waals surface area contributed by atoms with E-state index in [1.807, 2.05) is 37.6 Å². The second kappa shape index (κ2) is 5.35. The molecule has 0 bridgehead atoms. The number of carbonyl (C=O) groups excluding carboxylic acids is 1. The lowest BCUT2D eigenvalue weighted by atomic mass is 10.1. The molecule has 0 aromatic rings. The largest absolute Gasteiger partial charge is 0.376 e. The molecule has 0 radical (unpaired) electrons. The first-order valence-corrected chi connectivity index (χ1v) is 5.75. The predicted octanol–water partition coefficient (Wildman–Crippen LogP) is 1.56. The SMILES string of the molecule is CCN(CC)C(=O)N(C)C1CCOC1C. The number of hydrogen-bond donors (Lipinski definition) is 0. The molecule has 1 rings (SSSR count). The van der Waals surface area contributed by atoms with Gasteiger partial charge >= 0.3 is 6.03 Å². The Hall–Kier alpha value is -0.770. The van der Waals surface area contributed by atoms with Crippen LogP contribution in [0, 0.1) is 0 Å². The molecule has 0 N–H and O–H groups in total. The van der Waals surface area contributed by atoms with E-state index in [0.29, 0.717) is 0 Å². The Morgan fingerprint density at radius 2 is 2.00 bits per heavy atom. The molecule has 0 aromatic heterocycles. The van der Waals surface area contributed by atoms with Gasteiger partial charge < -0.3 is 14.5 Å². The molecule has 4 heteroatoms. The van der Waals surface area contributed by atoms with E-state index in [1.165, 1.54) is 0 Å². The number of ether oxygens (including phenoxy) is 1. The minimum atomic E-state index is 0.113. The summed E-state index contributed by atoms with van der Waals surface area (Å²) >= 11 is 0. The van der Waals surface area contributed by atoms with Crippen LogP contribution in [0.25, 0.3) is 0 Å². The highest BCUT2D eigenvalue weighted by Crippen LogP contribution is 2.19. The van der Waals surface area contributed by atoms with Gasteiger partial charge in [0.25, 0.3) is 0 Å². The Morgan fingerprint density at radius 3 is 2.40 bits per heavy atom. The van der Waals surface area contributed by atoms with Crippen molar-refractivity contribution in [3.05, 3.63) is 0 Å². The van der Waals surface area contributed by atoms with E-state index in [4.69, 9.17) is 4.74 Å². The molecule has 0 saturated carbocycles. The number of hydrogen-bond acceptors (Lipinski definition) is 2. The van der Waals surface area contributed by atoms with E-state index in [1.54, 1.807) is 0 Å². The fraction of sp³-hybridized carbons (Fsp3) is 0.909. The number of amides is 2. The summed E-state index contributed by atoms with van der Waals surface area (Å²) < 4.78 is 5.47. The first kappa shape index (κ1) is 12.3. The molecule has 1 heterocycles. The van der Waals surface area contributed by atoms with Crippen molar-refractivity contribution in [1.29, 1.82) is 0 Å². The molecule has 2 atom stereocenters. The molecule has 15 heavy (non-hydrogen) atoms. The summed E-state index contributed by atoms with van der Waals surface area (Å²) in [5.74, 6) is 0. The van der Waals surface area contributed by atoms with Crippen molar-refractivity contribution in [2.75, 3.05) is 26.7 Å². The Labute approximate surface area is 92.2 Å². The highest BCUT2D eigenvalue weighted by atomic mass is 16.5. The first-order valence-electron chi connectivity index (χ1n) is 5.75. The third-order valence-electron chi connectivity index (χ3n) is 3.17. The van der Waals surface area contributed by atoms with Crippen LogP contribution >= 0.6 is 0 Å². The van der Waals surface area contributed by atoms with Crippen molar-refractivity contribution in [3.63, 3.8) is 0 Å². The molecule has 1 aliphatic rings. The minimum absolute atomic E-state index is 0.113. The number of rotatable bonds is 3. The van der Waals surface area contributed by atoms with Crippen molar-refractivity contribution < 1.29 is 9.53 Å². The lowest BCUT2D eigenvalue weighted by Crippen LogP contribution is -2.48. The van der Waals surface area contributed by atoms with Crippen molar-refractivity contribution >= 4 is 6.03 Å². The van der Waals surface area contributed by atoms with Gasteiger partial charge in [0.2, 0.25) is 0 Å². The van der Waals surface area contributed by atoms with E-state index in [9.17, 15) is 4.79 Å². The van der Waals surface area contributed by atoms with Crippen molar-refractivity contribution in [3.8, 4) is 0 Å². The van der Waals surface area contributed by atoms with Gasteiger partial charge in [0.05, 0.1) is 12.1 Å². The van der Waals surface area contributed by atoms with Crippen LogP contribution in [0.1, 0.15) is 27.2 Å². The van der Waals surface area contributed by atoms with Crippen molar-refractivity contribution in [2.45, 2.75) is 39.3 Å². The number of nitrogens with zero attached hydrogens (tertiary/aromatic N) is 2. The molecule has 2 amide bonds. The summed E-state index contributed by atoms with van der Waals surface area (Å²) in [5.41, 5.74) is 0. The standard InChI is InChI=1S/C11H22N2O2/c1-5-13(6-2)11(14)12(4)10-7-8-15-9(10)3/h9-10H,5-8H2,1-4H3. The van der Waals surface area contributed by atoms with Crippen LogP contribution in [0.3, 0.4) is 0 Å². The van der Waals surface area contributed by atoms with Gasteiger partial charge in [-0.25, -0.2) is 4.79 Å². The molecule has 2 unspecified atom stereocenters. The quantitative estimate of drug-likeness (QED) is 0.714. The van der Waals surface area contributed by atoms with E-state index in [0.717, 1.165) is 26.1 Å². The van der Waals surface area contributed by atoms with Gasteiger partial charge in [-0.2, -0.15) is 0 Å². The van der Waals surface area contributed by atoms with Gasteiger partial charge in [0.1, 0.15) is 0 Å². The second-order valence-electron chi connectivity index (χ2n) is 4.00. The minimum Gasteiger partial charge on any atom is -0.376 e.